The van der Waals surface area contributed by atoms with E-state index in [0.29, 0.717) is 6.42 Å². The van der Waals surface area contributed by atoms with Crippen LogP contribution in [0.25, 0.3) is 0 Å². The first-order valence-electron chi connectivity index (χ1n) is 6.30. The van der Waals surface area contributed by atoms with Crippen molar-refractivity contribution in [3.63, 3.8) is 0 Å². The van der Waals surface area contributed by atoms with Gasteiger partial charge in [-0.2, -0.15) is 5.26 Å². The molecule has 0 aliphatic heterocycles. The molecule has 1 N–H and O–H groups in total. The Morgan fingerprint density at radius 3 is 2.41 bits per heavy atom. The molecule has 1 aromatic carbocycles. The monoisotopic (exact) mass is 229 g/mol. The number of hydrogen-bond donors (Lipinski definition) is 1. The summed E-state index contributed by atoms with van der Waals surface area (Å²) in [5, 5.41) is 19.4. The summed E-state index contributed by atoms with van der Waals surface area (Å²) < 4.78 is 0. The van der Waals surface area contributed by atoms with Crippen LogP contribution in [0.2, 0.25) is 0 Å². The lowest BCUT2D eigenvalue weighted by molar-refractivity contribution is 0.0722. The predicted molar refractivity (Wildman–Crippen MR) is 67.4 cm³/mol. The molecule has 0 bridgehead atoms. The van der Waals surface area contributed by atoms with Crippen molar-refractivity contribution in [2.24, 2.45) is 5.41 Å². The fourth-order valence-electron chi connectivity index (χ4n) is 2.07. The summed E-state index contributed by atoms with van der Waals surface area (Å²) in [6.07, 6.45) is 2.51. The average molecular weight is 229 g/mol. The summed E-state index contributed by atoms with van der Waals surface area (Å²) in [6.45, 7) is 3.75. The number of benzene rings is 1. The molecule has 0 amide bonds. The fourth-order valence-corrected chi connectivity index (χ4v) is 2.07. The molecule has 2 atom stereocenters. The second kappa shape index (κ2) is 4.50. The van der Waals surface area contributed by atoms with E-state index in [0.717, 1.165) is 11.5 Å². The summed E-state index contributed by atoms with van der Waals surface area (Å²) >= 11 is 0. The van der Waals surface area contributed by atoms with Gasteiger partial charge in [0, 0.05) is 0 Å². The average Bonchev–Trinajstić information content (AvgIpc) is 3.21. The molecule has 0 saturated heterocycles. The normalized spacial score (nSPS) is 20.4. The van der Waals surface area contributed by atoms with Gasteiger partial charge < -0.3 is 5.11 Å². The van der Waals surface area contributed by atoms with E-state index in [4.69, 9.17) is 5.26 Å². The first-order valence-corrected chi connectivity index (χ1v) is 6.30. The highest BCUT2D eigenvalue weighted by Crippen LogP contribution is 2.41. The van der Waals surface area contributed by atoms with E-state index in [9.17, 15) is 5.11 Å². The van der Waals surface area contributed by atoms with Crippen molar-refractivity contribution in [1.29, 1.82) is 5.26 Å². The lowest BCUT2D eigenvalue weighted by atomic mass is 9.80. The Balaban J connectivity index is 2.19. The maximum Gasteiger partial charge on any atom is 0.0973 e. The molecule has 2 heteroatoms. The van der Waals surface area contributed by atoms with Crippen LogP contribution >= 0.6 is 0 Å². The van der Waals surface area contributed by atoms with E-state index in [2.05, 4.69) is 18.2 Å². The van der Waals surface area contributed by atoms with Crippen LogP contribution in [-0.4, -0.2) is 5.11 Å². The highest BCUT2D eigenvalue weighted by atomic mass is 16.3. The molecule has 0 aromatic heterocycles. The van der Waals surface area contributed by atoms with E-state index >= 15 is 0 Å². The number of rotatable bonds is 4. The quantitative estimate of drug-likeness (QED) is 0.858. The van der Waals surface area contributed by atoms with Crippen molar-refractivity contribution in [3.8, 4) is 6.07 Å². The van der Waals surface area contributed by atoms with Crippen LogP contribution in [-0.2, 0) is 0 Å². The zero-order chi connectivity index (χ0) is 12.5. The Labute approximate surface area is 103 Å². The molecule has 1 aliphatic rings. The Morgan fingerprint density at radius 2 is 2.00 bits per heavy atom. The Morgan fingerprint density at radius 1 is 1.41 bits per heavy atom. The smallest absolute Gasteiger partial charge is 0.0973 e. The van der Waals surface area contributed by atoms with E-state index in [1.54, 1.807) is 0 Å². The highest BCUT2D eigenvalue weighted by molar-refractivity contribution is 5.30. The maximum atomic E-state index is 10.3. The number of aliphatic hydroxyl groups excluding tert-OH is 1. The molecular weight excluding hydrogens is 210 g/mol. The molecule has 0 spiro atoms. The SMILES string of the molecule is CCC(C)(C#N)C(O)c1ccc(C2CC2)cc1. The van der Waals surface area contributed by atoms with Crippen LogP contribution in [0.3, 0.4) is 0 Å². The van der Waals surface area contributed by atoms with Gasteiger partial charge in [-0.3, -0.25) is 0 Å². The van der Waals surface area contributed by atoms with Crippen LogP contribution in [0.15, 0.2) is 24.3 Å². The number of nitrogens with zero attached hydrogens (tertiary/aromatic N) is 1. The van der Waals surface area contributed by atoms with Gasteiger partial charge in [-0.05, 0) is 43.2 Å². The first-order chi connectivity index (χ1) is 8.10. The van der Waals surface area contributed by atoms with Crippen LogP contribution < -0.4 is 0 Å². The largest absolute Gasteiger partial charge is 0.387 e. The molecule has 1 aromatic rings. The van der Waals surface area contributed by atoms with Crippen molar-refractivity contribution < 1.29 is 5.11 Å². The lowest BCUT2D eigenvalue weighted by Crippen LogP contribution is -2.22. The third kappa shape index (κ3) is 2.35. The first kappa shape index (κ1) is 12.1. The topological polar surface area (TPSA) is 44.0 Å². The van der Waals surface area contributed by atoms with E-state index in [-0.39, 0.29) is 0 Å². The standard InChI is InChI=1S/C15H19NO/c1-3-15(2,10-16)14(17)13-8-6-12(7-9-13)11-4-5-11/h6-9,11,14,17H,3-5H2,1-2H3. The van der Waals surface area contributed by atoms with Crippen LogP contribution in [0.5, 0.6) is 0 Å². The molecule has 0 radical (unpaired) electrons. The van der Waals surface area contributed by atoms with E-state index in [1.807, 2.05) is 26.0 Å². The minimum atomic E-state index is -0.703. The number of aliphatic hydroxyl groups is 1. The molecule has 2 rings (SSSR count). The summed E-state index contributed by atoms with van der Waals surface area (Å²) in [4.78, 5) is 0. The second-order valence-electron chi connectivity index (χ2n) is 5.23. The number of nitriles is 1. The van der Waals surface area contributed by atoms with Gasteiger partial charge in [0.05, 0.1) is 17.6 Å². The molecule has 1 saturated carbocycles. The summed E-state index contributed by atoms with van der Waals surface area (Å²) in [5.74, 6) is 0.731. The van der Waals surface area contributed by atoms with Gasteiger partial charge in [0.2, 0.25) is 0 Å². The minimum Gasteiger partial charge on any atom is -0.387 e. The molecule has 0 heterocycles. The van der Waals surface area contributed by atoms with Gasteiger partial charge in [-0.1, -0.05) is 31.2 Å². The van der Waals surface area contributed by atoms with Gasteiger partial charge in [0.25, 0.3) is 0 Å². The minimum absolute atomic E-state index is 0.648. The lowest BCUT2D eigenvalue weighted by Gasteiger charge is -2.26. The third-order valence-corrected chi connectivity index (χ3v) is 3.89. The van der Waals surface area contributed by atoms with Crippen molar-refractivity contribution in [1.82, 2.24) is 0 Å². The molecular formula is C15H19NO. The van der Waals surface area contributed by atoms with E-state index in [1.165, 1.54) is 18.4 Å². The summed E-state index contributed by atoms with van der Waals surface area (Å²) in [7, 11) is 0. The maximum absolute atomic E-state index is 10.3. The van der Waals surface area contributed by atoms with Gasteiger partial charge in [0.15, 0.2) is 0 Å². The molecule has 2 unspecified atom stereocenters. The summed E-state index contributed by atoms with van der Waals surface area (Å²) in [6, 6.07) is 10.3. The van der Waals surface area contributed by atoms with Crippen LogP contribution in [0.1, 0.15) is 56.3 Å². The zero-order valence-corrected chi connectivity index (χ0v) is 10.5. The van der Waals surface area contributed by atoms with Gasteiger partial charge >= 0.3 is 0 Å². The van der Waals surface area contributed by atoms with Crippen molar-refractivity contribution in [2.45, 2.75) is 45.1 Å². The van der Waals surface area contributed by atoms with Gasteiger partial charge in [-0.25, -0.2) is 0 Å². The molecule has 2 nitrogen and oxygen atoms in total. The second-order valence-corrected chi connectivity index (χ2v) is 5.23. The van der Waals surface area contributed by atoms with Crippen LogP contribution in [0, 0.1) is 16.7 Å². The molecule has 17 heavy (non-hydrogen) atoms. The van der Waals surface area contributed by atoms with Gasteiger partial charge in [0.1, 0.15) is 0 Å². The molecule has 1 fully saturated rings. The van der Waals surface area contributed by atoms with E-state index < -0.39 is 11.5 Å². The molecule has 1 aliphatic carbocycles. The Hall–Kier alpha value is -1.33. The third-order valence-electron chi connectivity index (χ3n) is 3.89. The molecule has 90 valence electrons. The Bertz CT molecular complexity index is 427. The van der Waals surface area contributed by atoms with Crippen molar-refractivity contribution in [3.05, 3.63) is 35.4 Å². The van der Waals surface area contributed by atoms with Gasteiger partial charge in [-0.15, -0.1) is 0 Å². The van der Waals surface area contributed by atoms with Crippen molar-refractivity contribution >= 4 is 0 Å². The van der Waals surface area contributed by atoms with Crippen molar-refractivity contribution in [2.75, 3.05) is 0 Å². The zero-order valence-electron chi connectivity index (χ0n) is 10.5. The highest BCUT2D eigenvalue weighted by Gasteiger charge is 2.32. The summed E-state index contributed by atoms with van der Waals surface area (Å²) in [5.41, 5.74) is 1.51. The Kier molecular flexibility index (Phi) is 3.22. The fraction of sp³-hybridized carbons (Fsp3) is 0.533. The predicted octanol–water partition coefficient (Wildman–Crippen LogP) is 3.54. The van der Waals surface area contributed by atoms with Crippen LogP contribution in [0.4, 0.5) is 0 Å². The number of hydrogen-bond acceptors (Lipinski definition) is 2.